The number of hydrogen-bond acceptors (Lipinski definition) is 5. The maximum Gasteiger partial charge on any atom is 0.334 e. The zero-order valence-corrected chi connectivity index (χ0v) is 13.9. The summed E-state index contributed by atoms with van der Waals surface area (Å²) in [5, 5.41) is 22.3. The van der Waals surface area contributed by atoms with Gasteiger partial charge in [-0.3, -0.25) is 0 Å². The lowest BCUT2D eigenvalue weighted by atomic mass is 9.65. The van der Waals surface area contributed by atoms with Gasteiger partial charge in [0, 0.05) is 25.1 Å². The van der Waals surface area contributed by atoms with Crippen molar-refractivity contribution in [2.24, 2.45) is 5.92 Å². The molecule has 3 rings (SSSR count). The molecule has 0 radical (unpaired) electrons. The van der Waals surface area contributed by atoms with Gasteiger partial charge in [-0.25, -0.2) is 14.6 Å². The largest absolute Gasteiger partial charge is 0.478 e. The zero-order valence-electron chi connectivity index (χ0n) is 13.1. The van der Waals surface area contributed by atoms with Gasteiger partial charge < -0.3 is 20.4 Å². The molecule has 2 aliphatic rings. The monoisotopic (exact) mass is 351 g/mol. The van der Waals surface area contributed by atoms with Gasteiger partial charge in [0.25, 0.3) is 0 Å². The summed E-state index contributed by atoms with van der Waals surface area (Å²) in [5.74, 6) is -2.39. The van der Waals surface area contributed by atoms with Crippen molar-refractivity contribution in [2.45, 2.75) is 18.9 Å². The number of aliphatic carboxylic acids is 2. The van der Waals surface area contributed by atoms with E-state index in [1.807, 2.05) is 17.9 Å². The second-order valence-corrected chi connectivity index (χ2v) is 6.56. The number of rotatable bonds is 4. The molecule has 128 valence electrons. The summed E-state index contributed by atoms with van der Waals surface area (Å²) in [7, 11) is 0. The van der Waals surface area contributed by atoms with E-state index in [-0.39, 0.29) is 11.5 Å². The van der Waals surface area contributed by atoms with Crippen molar-refractivity contribution in [3.8, 4) is 0 Å². The Morgan fingerprint density at radius 2 is 2.25 bits per heavy atom. The molecule has 24 heavy (non-hydrogen) atoms. The van der Waals surface area contributed by atoms with Crippen molar-refractivity contribution in [1.29, 1.82) is 0 Å². The molecule has 1 aromatic rings. The Balaban J connectivity index is 2.08. The average Bonchev–Trinajstić information content (AvgIpc) is 2.50. The fraction of sp³-hybridized carbons (Fsp3) is 0.438. The van der Waals surface area contributed by atoms with Crippen LogP contribution in [-0.2, 0) is 9.59 Å². The number of carbonyl (C=O) groups is 2. The SMILES string of the molecule is Cc1cc(N2C[C@H]3CCNC[C@@]32/C(=C\C(=O)O)C(=O)O)cnc1Cl. The molecule has 0 spiro atoms. The minimum atomic E-state index is -1.26. The van der Waals surface area contributed by atoms with E-state index in [1.165, 1.54) is 0 Å². The lowest BCUT2D eigenvalue weighted by molar-refractivity contribution is -0.136. The number of pyridine rings is 1. The predicted octanol–water partition coefficient (Wildman–Crippen LogP) is 1.31. The lowest BCUT2D eigenvalue weighted by Crippen LogP contribution is -2.75. The molecular formula is C16H18ClN3O4. The van der Waals surface area contributed by atoms with Gasteiger partial charge in [-0.1, -0.05) is 11.6 Å². The van der Waals surface area contributed by atoms with Crippen molar-refractivity contribution in [3.05, 3.63) is 34.6 Å². The highest BCUT2D eigenvalue weighted by atomic mass is 35.5. The summed E-state index contributed by atoms with van der Waals surface area (Å²) in [4.78, 5) is 29.0. The molecule has 2 fully saturated rings. The van der Waals surface area contributed by atoms with Crippen molar-refractivity contribution >= 4 is 29.2 Å². The van der Waals surface area contributed by atoms with Crippen LogP contribution in [0.1, 0.15) is 12.0 Å². The van der Waals surface area contributed by atoms with E-state index in [9.17, 15) is 14.7 Å². The highest BCUT2D eigenvalue weighted by Gasteiger charge is 2.58. The van der Waals surface area contributed by atoms with Crippen molar-refractivity contribution < 1.29 is 19.8 Å². The highest BCUT2D eigenvalue weighted by Crippen LogP contribution is 2.48. The van der Waals surface area contributed by atoms with Crippen LogP contribution < -0.4 is 10.2 Å². The third-order valence-electron chi connectivity index (χ3n) is 4.90. The van der Waals surface area contributed by atoms with E-state index >= 15 is 0 Å². The molecule has 0 amide bonds. The van der Waals surface area contributed by atoms with Gasteiger partial charge in [0.1, 0.15) is 5.15 Å². The molecule has 8 heteroatoms. The Labute approximate surface area is 143 Å². The predicted molar refractivity (Wildman–Crippen MR) is 88.4 cm³/mol. The average molecular weight is 352 g/mol. The zero-order chi connectivity index (χ0) is 17.5. The lowest BCUT2D eigenvalue weighted by Gasteiger charge is -2.62. The number of piperidine rings is 1. The number of nitrogens with zero attached hydrogens (tertiary/aromatic N) is 2. The van der Waals surface area contributed by atoms with Crippen molar-refractivity contribution in [1.82, 2.24) is 10.3 Å². The van der Waals surface area contributed by atoms with Crippen LogP contribution in [0.2, 0.25) is 5.15 Å². The number of aromatic nitrogens is 1. The molecule has 0 saturated carbocycles. The second-order valence-electron chi connectivity index (χ2n) is 6.20. The number of carboxylic acids is 2. The Hall–Kier alpha value is -2.12. The van der Waals surface area contributed by atoms with E-state index in [1.54, 1.807) is 6.20 Å². The first kappa shape index (κ1) is 16.7. The number of hydrogen-bond donors (Lipinski definition) is 3. The van der Waals surface area contributed by atoms with Crippen molar-refractivity contribution in [3.63, 3.8) is 0 Å². The Bertz CT molecular complexity index is 736. The summed E-state index contributed by atoms with van der Waals surface area (Å²) >= 11 is 5.98. The van der Waals surface area contributed by atoms with E-state index in [2.05, 4.69) is 10.3 Å². The topological polar surface area (TPSA) is 103 Å². The van der Waals surface area contributed by atoms with E-state index in [4.69, 9.17) is 16.7 Å². The maximum atomic E-state index is 11.8. The van der Waals surface area contributed by atoms with Crippen LogP contribution >= 0.6 is 11.6 Å². The number of fused-ring (bicyclic) bond motifs is 1. The van der Waals surface area contributed by atoms with E-state index in [0.29, 0.717) is 18.2 Å². The first-order valence-corrected chi connectivity index (χ1v) is 8.03. The molecule has 0 aliphatic carbocycles. The normalized spacial score (nSPS) is 26.5. The van der Waals surface area contributed by atoms with Crippen LogP contribution in [0.25, 0.3) is 0 Å². The molecule has 2 aliphatic heterocycles. The number of carboxylic acid groups (broad SMARTS) is 2. The molecule has 0 aromatic carbocycles. The van der Waals surface area contributed by atoms with Crippen LogP contribution in [0.15, 0.2) is 23.9 Å². The molecule has 7 nitrogen and oxygen atoms in total. The third-order valence-corrected chi connectivity index (χ3v) is 5.30. The smallest absolute Gasteiger partial charge is 0.334 e. The number of anilines is 1. The molecule has 2 atom stereocenters. The van der Waals surface area contributed by atoms with Gasteiger partial charge in [-0.05, 0) is 31.5 Å². The van der Waals surface area contributed by atoms with Gasteiger partial charge in [-0.2, -0.15) is 0 Å². The van der Waals surface area contributed by atoms with Crippen LogP contribution in [0.3, 0.4) is 0 Å². The van der Waals surface area contributed by atoms with Crippen molar-refractivity contribution in [2.75, 3.05) is 24.5 Å². The van der Waals surface area contributed by atoms with Gasteiger partial charge in [0.15, 0.2) is 0 Å². The fourth-order valence-electron chi connectivity index (χ4n) is 3.75. The number of aryl methyl sites for hydroxylation is 1. The van der Waals surface area contributed by atoms with E-state index in [0.717, 1.165) is 30.3 Å². The number of halogens is 1. The van der Waals surface area contributed by atoms with Gasteiger partial charge in [0.2, 0.25) is 0 Å². The standard InChI is InChI=1S/C16H18ClN3O4/c1-9-4-11(6-19-14(9)17)20-7-10-2-3-18-8-16(10,20)12(15(23)24)5-13(21)22/h4-6,10,18H,2-3,7-8H2,1H3,(H,21,22)(H,23,24)/b12-5-/t10-,16+/m1/s1. The second kappa shape index (κ2) is 6.07. The van der Waals surface area contributed by atoms with Crippen LogP contribution in [0.5, 0.6) is 0 Å². The molecular weight excluding hydrogens is 334 g/mol. The summed E-state index contributed by atoms with van der Waals surface area (Å²) < 4.78 is 0. The highest BCUT2D eigenvalue weighted by molar-refractivity contribution is 6.30. The van der Waals surface area contributed by atoms with Gasteiger partial charge in [-0.15, -0.1) is 0 Å². The summed E-state index contributed by atoms with van der Waals surface area (Å²) in [6, 6.07) is 1.85. The molecule has 0 bridgehead atoms. The molecule has 3 heterocycles. The van der Waals surface area contributed by atoms with Gasteiger partial charge in [0.05, 0.1) is 23.0 Å². The minimum absolute atomic E-state index is 0.0800. The molecule has 1 aromatic heterocycles. The first-order valence-electron chi connectivity index (χ1n) is 7.65. The Morgan fingerprint density at radius 3 is 2.83 bits per heavy atom. The third kappa shape index (κ3) is 2.53. The van der Waals surface area contributed by atoms with E-state index < -0.39 is 17.5 Å². The minimum Gasteiger partial charge on any atom is -0.478 e. The fourth-order valence-corrected chi connectivity index (χ4v) is 3.85. The summed E-state index contributed by atoms with van der Waals surface area (Å²) in [6.45, 7) is 3.66. The van der Waals surface area contributed by atoms with Crippen LogP contribution in [-0.4, -0.2) is 52.3 Å². The molecule has 3 N–H and O–H groups in total. The van der Waals surface area contributed by atoms with Crippen LogP contribution in [0.4, 0.5) is 5.69 Å². The molecule has 0 unspecified atom stereocenters. The Kier molecular flexibility index (Phi) is 4.23. The number of nitrogens with one attached hydrogen (secondary N) is 1. The van der Waals surface area contributed by atoms with Crippen LogP contribution in [0, 0.1) is 12.8 Å². The maximum absolute atomic E-state index is 11.8. The summed E-state index contributed by atoms with van der Waals surface area (Å²) in [6.07, 6.45) is 3.20. The quantitative estimate of drug-likeness (QED) is 0.555. The Morgan fingerprint density at radius 1 is 1.50 bits per heavy atom. The van der Waals surface area contributed by atoms with Gasteiger partial charge >= 0.3 is 11.9 Å². The first-order chi connectivity index (χ1) is 11.4. The summed E-state index contributed by atoms with van der Waals surface area (Å²) in [5.41, 5.74) is 0.542. The molecule has 2 saturated heterocycles.